The van der Waals surface area contributed by atoms with Crippen LogP contribution in [0.15, 0.2) is 30.3 Å². The molecule has 1 aliphatic heterocycles. The lowest BCUT2D eigenvalue weighted by Crippen LogP contribution is -2.56. The van der Waals surface area contributed by atoms with Gasteiger partial charge in [-0.15, -0.1) is 0 Å². The molecule has 0 radical (unpaired) electrons. The van der Waals surface area contributed by atoms with Crippen LogP contribution in [-0.4, -0.2) is 12.1 Å². The standard InChI is InChI=1S/C11H15N/c1-11(2)8-9-12(11)10-6-4-3-5-7-10/h3-7H,8-9H2,1-2H3. The number of hydrogen-bond donors (Lipinski definition) is 0. The first-order valence-electron chi connectivity index (χ1n) is 4.53. The van der Waals surface area contributed by atoms with Gasteiger partial charge in [0.1, 0.15) is 0 Å². The van der Waals surface area contributed by atoms with E-state index < -0.39 is 0 Å². The van der Waals surface area contributed by atoms with Crippen LogP contribution in [0.1, 0.15) is 20.3 Å². The summed E-state index contributed by atoms with van der Waals surface area (Å²) in [4.78, 5) is 2.45. The summed E-state index contributed by atoms with van der Waals surface area (Å²) in [6.07, 6.45) is 1.31. The lowest BCUT2D eigenvalue weighted by Gasteiger charge is -2.50. The number of rotatable bonds is 1. The highest BCUT2D eigenvalue weighted by Crippen LogP contribution is 2.34. The van der Waals surface area contributed by atoms with E-state index in [1.54, 1.807) is 0 Å². The van der Waals surface area contributed by atoms with Crippen LogP contribution in [0.5, 0.6) is 0 Å². The number of nitrogens with zero attached hydrogens (tertiary/aromatic N) is 1. The third-order valence-corrected chi connectivity index (χ3v) is 2.75. The summed E-state index contributed by atoms with van der Waals surface area (Å²) in [5, 5.41) is 0. The molecule has 0 bridgehead atoms. The monoisotopic (exact) mass is 161 g/mol. The molecule has 0 spiro atoms. The molecule has 0 atom stereocenters. The number of anilines is 1. The van der Waals surface area contributed by atoms with E-state index in [-0.39, 0.29) is 0 Å². The van der Waals surface area contributed by atoms with Crippen LogP contribution in [0.25, 0.3) is 0 Å². The Morgan fingerprint density at radius 3 is 2.25 bits per heavy atom. The van der Waals surface area contributed by atoms with Crippen LogP contribution < -0.4 is 4.90 Å². The maximum absolute atomic E-state index is 2.45. The molecule has 0 saturated carbocycles. The Bertz CT molecular complexity index is 264. The van der Waals surface area contributed by atoms with Crippen molar-refractivity contribution < 1.29 is 0 Å². The predicted molar refractivity (Wildman–Crippen MR) is 52.5 cm³/mol. The highest BCUT2D eigenvalue weighted by Gasteiger charge is 2.35. The molecule has 0 aliphatic carbocycles. The van der Waals surface area contributed by atoms with Gasteiger partial charge in [-0.25, -0.2) is 0 Å². The summed E-state index contributed by atoms with van der Waals surface area (Å²) in [6, 6.07) is 10.6. The molecule has 0 amide bonds. The first-order chi connectivity index (χ1) is 5.70. The van der Waals surface area contributed by atoms with Gasteiger partial charge in [-0.2, -0.15) is 0 Å². The zero-order chi connectivity index (χ0) is 8.60. The highest BCUT2D eigenvalue weighted by molar-refractivity contribution is 5.51. The van der Waals surface area contributed by atoms with Gasteiger partial charge in [0, 0.05) is 17.8 Å². The first kappa shape index (κ1) is 7.66. The van der Waals surface area contributed by atoms with Crippen molar-refractivity contribution in [2.45, 2.75) is 25.8 Å². The topological polar surface area (TPSA) is 3.24 Å². The Morgan fingerprint density at radius 1 is 1.17 bits per heavy atom. The second-order valence-corrected chi connectivity index (χ2v) is 4.05. The van der Waals surface area contributed by atoms with Gasteiger partial charge >= 0.3 is 0 Å². The van der Waals surface area contributed by atoms with Crippen molar-refractivity contribution in [1.82, 2.24) is 0 Å². The Labute approximate surface area is 74.0 Å². The molecule has 1 aromatic rings. The van der Waals surface area contributed by atoms with E-state index in [1.807, 2.05) is 0 Å². The summed E-state index contributed by atoms with van der Waals surface area (Å²) < 4.78 is 0. The van der Waals surface area contributed by atoms with Crippen LogP contribution in [0.3, 0.4) is 0 Å². The van der Waals surface area contributed by atoms with Crippen LogP contribution in [0.2, 0.25) is 0 Å². The second kappa shape index (κ2) is 2.51. The number of benzene rings is 1. The van der Waals surface area contributed by atoms with E-state index in [0.29, 0.717) is 5.54 Å². The molecule has 1 saturated heterocycles. The molecule has 1 fully saturated rings. The van der Waals surface area contributed by atoms with Crippen molar-refractivity contribution in [3.05, 3.63) is 30.3 Å². The van der Waals surface area contributed by atoms with Gasteiger partial charge in [-0.3, -0.25) is 0 Å². The molecule has 2 rings (SSSR count). The van der Waals surface area contributed by atoms with Crippen molar-refractivity contribution in [3.63, 3.8) is 0 Å². The summed E-state index contributed by atoms with van der Waals surface area (Å²) in [5.41, 5.74) is 1.73. The minimum absolute atomic E-state index is 0.376. The molecular formula is C11H15N. The van der Waals surface area contributed by atoms with E-state index in [9.17, 15) is 0 Å². The Balaban J connectivity index is 2.22. The van der Waals surface area contributed by atoms with E-state index >= 15 is 0 Å². The fourth-order valence-electron chi connectivity index (χ4n) is 1.76. The van der Waals surface area contributed by atoms with Crippen LogP contribution >= 0.6 is 0 Å². The maximum atomic E-state index is 2.45. The zero-order valence-corrected chi connectivity index (χ0v) is 7.75. The molecule has 1 nitrogen and oxygen atoms in total. The summed E-state index contributed by atoms with van der Waals surface area (Å²) in [5.74, 6) is 0. The molecule has 64 valence electrons. The minimum atomic E-state index is 0.376. The summed E-state index contributed by atoms with van der Waals surface area (Å²) in [6.45, 7) is 5.80. The first-order valence-corrected chi connectivity index (χ1v) is 4.53. The van der Waals surface area contributed by atoms with E-state index in [2.05, 4.69) is 49.1 Å². The lowest BCUT2D eigenvalue weighted by molar-refractivity contribution is 0.332. The third-order valence-electron chi connectivity index (χ3n) is 2.75. The maximum Gasteiger partial charge on any atom is 0.0370 e. The zero-order valence-electron chi connectivity index (χ0n) is 7.75. The fourth-order valence-corrected chi connectivity index (χ4v) is 1.76. The predicted octanol–water partition coefficient (Wildman–Crippen LogP) is 2.68. The van der Waals surface area contributed by atoms with E-state index in [0.717, 1.165) is 0 Å². The Hall–Kier alpha value is -0.980. The molecule has 0 unspecified atom stereocenters. The molecule has 12 heavy (non-hydrogen) atoms. The Kier molecular flexibility index (Phi) is 1.60. The SMILES string of the molecule is CC1(C)CCN1c1ccccc1. The highest BCUT2D eigenvalue weighted by atomic mass is 15.2. The molecule has 1 aromatic carbocycles. The third kappa shape index (κ3) is 1.09. The van der Waals surface area contributed by atoms with Crippen LogP contribution in [0, 0.1) is 0 Å². The van der Waals surface area contributed by atoms with Gasteiger partial charge in [0.2, 0.25) is 0 Å². The Morgan fingerprint density at radius 2 is 1.83 bits per heavy atom. The van der Waals surface area contributed by atoms with Gasteiger partial charge in [0.05, 0.1) is 0 Å². The molecule has 0 aromatic heterocycles. The minimum Gasteiger partial charge on any atom is -0.366 e. The van der Waals surface area contributed by atoms with Crippen molar-refractivity contribution in [3.8, 4) is 0 Å². The van der Waals surface area contributed by atoms with Gasteiger partial charge in [0.15, 0.2) is 0 Å². The van der Waals surface area contributed by atoms with E-state index in [1.165, 1.54) is 18.7 Å². The van der Waals surface area contributed by atoms with Gasteiger partial charge in [0.25, 0.3) is 0 Å². The number of hydrogen-bond acceptors (Lipinski definition) is 1. The smallest absolute Gasteiger partial charge is 0.0370 e. The van der Waals surface area contributed by atoms with Crippen LogP contribution in [-0.2, 0) is 0 Å². The molecular weight excluding hydrogens is 146 g/mol. The van der Waals surface area contributed by atoms with Crippen molar-refractivity contribution in [2.75, 3.05) is 11.4 Å². The number of para-hydroxylation sites is 1. The fraction of sp³-hybridized carbons (Fsp3) is 0.455. The van der Waals surface area contributed by atoms with Crippen molar-refractivity contribution in [1.29, 1.82) is 0 Å². The molecule has 1 heteroatoms. The van der Waals surface area contributed by atoms with Gasteiger partial charge in [-0.1, -0.05) is 18.2 Å². The van der Waals surface area contributed by atoms with Crippen molar-refractivity contribution >= 4 is 5.69 Å². The largest absolute Gasteiger partial charge is 0.366 e. The molecule has 0 N–H and O–H groups in total. The average molecular weight is 161 g/mol. The second-order valence-electron chi connectivity index (χ2n) is 4.05. The van der Waals surface area contributed by atoms with Crippen molar-refractivity contribution in [2.24, 2.45) is 0 Å². The van der Waals surface area contributed by atoms with Crippen LogP contribution in [0.4, 0.5) is 5.69 Å². The van der Waals surface area contributed by atoms with Gasteiger partial charge in [-0.05, 0) is 32.4 Å². The quantitative estimate of drug-likeness (QED) is 0.612. The van der Waals surface area contributed by atoms with Gasteiger partial charge < -0.3 is 4.90 Å². The normalized spacial score (nSPS) is 20.3. The van der Waals surface area contributed by atoms with E-state index in [4.69, 9.17) is 0 Å². The molecule has 1 heterocycles. The average Bonchev–Trinajstić information content (AvgIpc) is 2.05. The molecule has 1 aliphatic rings. The summed E-state index contributed by atoms with van der Waals surface area (Å²) >= 11 is 0. The lowest BCUT2D eigenvalue weighted by atomic mass is 9.88. The summed E-state index contributed by atoms with van der Waals surface area (Å²) in [7, 11) is 0.